The van der Waals surface area contributed by atoms with Crippen LogP contribution in [0.1, 0.15) is 58.2 Å². The van der Waals surface area contributed by atoms with E-state index in [1.54, 1.807) is 13.3 Å². The first kappa shape index (κ1) is 14.4. The van der Waals surface area contributed by atoms with Gasteiger partial charge in [-0.05, 0) is 43.9 Å². The molecule has 2 rings (SSSR count). The van der Waals surface area contributed by atoms with Crippen molar-refractivity contribution in [3.8, 4) is 5.75 Å². The summed E-state index contributed by atoms with van der Waals surface area (Å²) in [6.07, 6.45) is 6.70. The van der Waals surface area contributed by atoms with Crippen LogP contribution in [0.4, 0.5) is 0 Å². The Kier molecular flexibility index (Phi) is 4.19. The van der Waals surface area contributed by atoms with Crippen LogP contribution in [0.5, 0.6) is 5.75 Å². The summed E-state index contributed by atoms with van der Waals surface area (Å²) in [5.74, 6) is 1.38. The Morgan fingerprint density at radius 2 is 2.11 bits per heavy atom. The first-order valence-corrected chi connectivity index (χ1v) is 7.34. The molecule has 4 heteroatoms. The number of ether oxygens (including phenoxy) is 1. The average molecular weight is 265 g/mol. The number of aromatic nitrogens is 2. The molecule has 1 fully saturated rings. The minimum Gasteiger partial charge on any atom is -0.493 e. The molecular formula is C15H27N3O. The topological polar surface area (TPSA) is 53.1 Å². The molecule has 1 aliphatic carbocycles. The van der Waals surface area contributed by atoms with Crippen molar-refractivity contribution < 1.29 is 4.74 Å². The summed E-state index contributed by atoms with van der Waals surface area (Å²) < 4.78 is 7.39. The smallest absolute Gasteiger partial charge is 0.161 e. The van der Waals surface area contributed by atoms with Gasteiger partial charge in [0.15, 0.2) is 5.75 Å². The molecule has 1 aromatic heterocycles. The molecule has 1 aromatic rings. The molecule has 0 aromatic carbocycles. The molecule has 0 radical (unpaired) electrons. The number of nitrogens with zero attached hydrogens (tertiary/aromatic N) is 2. The number of aryl methyl sites for hydroxylation is 1. The lowest BCUT2D eigenvalue weighted by atomic mass is 9.71. The van der Waals surface area contributed by atoms with Crippen molar-refractivity contribution in [2.45, 2.75) is 59.0 Å². The van der Waals surface area contributed by atoms with Gasteiger partial charge in [0, 0.05) is 6.54 Å². The molecule has 1 saturated carbocycles. The summed E-state index contributed by atoms with van der Waals surface area (Å²) >= 11 is 0. The molecule has 19 heavy (non-hydrogen) atoms. The molecule has 0 bridgehead atoms. The van der Waals surface area contributed by atoms with E-state index in [0.717, 1.165) is 18.0 Å². The van der Waals surface area contributed by atoms with E-state index in [2.05, 4.69) is 25.9 Å². The fourth-order valence-electron chi connectivity index (χ4n) is 3.13. The maximum Gasteiger partial charge on any atom is 0.161 e. The van der Waals surface area contributed by atoms with E-state index in [9.17, 15) is 0 Å². The summed E-state index contributed by atoms with van der Waals surface area (Å²) in [5, 5.41) is 4.36. The lowest BCUT2D eigenvalue weighted by molar-refractivity contribution is 0.170. The average Bonchev–Trinajstić information content (AvgIpc) is 2.80. The zero-order valence-corrected chi connectivity index (χ0v) is 12.6. The monoisotopic (exact) mass is 265 g/mol. The molecule has 1 atom stereocenters. The number of methoxy groups -OCH3 is 1. The third-order valence-corrected chi connectivity index (χ3v) is 4.57. The number of hydrogen-bond donors (Lipinski definition) is 1. The van der Waals surface area contributed by atoms with Crippen LogP contribution in [-0.2, 0) is 6.54 Å². The van der Waals surface area contributed by atoms with Crippen LogP contribution >= 0.6 is 0 Å². The first-order chi connectivity index (χ1) is 8.98. The van der Waals surface area contributed by atoms with Gasteiger partial charge >= 0.3 is 0 Å². The van der Waals surface area contributed by atoms with Gasteiger partial charge in [-0.25, -0.2) is 0 Å². The summed E-state index contributed by atoms with van der Waals surface area (Å²) in [6, 6.07) is 0.0356. The second kappa shape index (κ2) is 5.53. The van der Waals surface area contributed by atoms with Crippen LogP contribution in [0.25, 0.3) is 0 Å². The predicted octanol–water partition coefficient (Wildman–Crippen LogP) is 3.13. The van der Waals surface area contributed by atoms with Crippen molar-refractivity contribution in [3.05, 3.63) is 11.9 Å². The maximum absolute atomic E-state index is 6.51. The number of nitrogens with two attached hydrogens (primary N) is 1. The van der Waals surface area contributed by atoms with Crippen molar-refractivity contribution in [2.24, 2.45) is 17.1 Å². The van der Waals surface area contributed by atoms with Crippen LogP contribution in [0, 0.1) is 11.3 Å². The molecule has 0 amide bonds. The van der Waals surface area contributed by atoms with Crippen molar-refractivity contribution in [1.82, 2.24) is 9.78 Å². The second-order valence-corrected chi connectivity index (χ2v) is 6.44. The lowest BCUT2D eigenvalue weighted by Gasteiger charge is -2.37. The van der Waals surface area contributed by atoms with Crippen molar-refractivity contribution in [2.75, 3.05) is 7.11 Å². The highest BCUT2D eigenvalue weighted by atomic mass is 16.5. The largest absolute Gasteiger partial charge is 0.493 e. The van der Waals surface area contributed by atoms with Crippen molar-refractivity contribution in [1.29, 1.82) is 0 Å². The Balaban J connectivity index is 2.15. The van der Waals surface area contributed by atoms with Gasteiger partial charge in [-0.1, -0.05) is 13.8 Å². The molecule has 2 N–H and O–H groups in total. The first-order valence-electron chi connectivity index (χ1n) is 7.34. The summed E-state index contributed by atoms with van der Waals surface area (Å²) in [4.78, 5) is 0. The minimum absolute atomic E-state index is 0.0356. The molecule has 0 spiro atoms. The third-order valence-electron chi connectivity index (χ3n) is 4.57. The molecule has 108 valence electrons. The number of rotatable bonds is 4. The van der Waals surface area contributed by atoms with Gasteiger partial charge in [-0.2, -0.15) is 5.10 Å². The zero-order valence-electron chi connectivity index (χ0n) is 12.6. The molecule has 1 unspecified atom stereocenters. The van der Waals surface area contributed by atoms with Crippen LogP contribution < -0.4 is 10.5 Å². The second-order valence-electron chi connectivity index (χ2n) is 6.44. The molecule has 4 nitrogen and oxygen atoms in total. The summed E-state index contributed by atoms with van der Waals surface area (Å²) in [7, 11) is 1.69. The van der Waals surface area contributed by atoms with Gasteiger partial charge in [0.05, 0.1) is 25.0 Å². The highest BCUT2D eigenvalue weighted by Crippen LogP contribution is 2.43. The fourth-order valence-corrected chi connectivity index (χ4v) is 3.13. The van der Waals surface area contributed by atoms with Crippen LogP contribution in [-0.4, -0.2) is 16.9 Å². The predicted molar refractivity (Wildman–Crippen MR) is 77.1 cm³/mol. The lowest BCUT2D eigenvalue weighted by Crippen LogP contribution is -2.30. The van der Waals surface area contributed by atoms with E-state index in [1.165, 1.54) is 25.7 Å². The van der Waals surface area contributed by atoms with Gasteiger partial charge in [-0.15, -0.1) is 0 Å². The Bertz CT molecular complexity index is 394. The Labute approximate surface area is 116 Å². The molecular weight excluding hydrogens is 238 g/mol. The SMILES string of the molecule is CCn1ncc(OC)c1C(N)C1CCC(C)(C)CC1. The summed E-state index contributed by atoms with van der Waals surface area (Å²) in [6.45, 7) is 7.63. The highest BCUT2D eigenvalue weighted by molar-refractivity contribution is 5.28. The van der Waals surface area contributed by atoms with Crippen molar-refractivity contribution >= 4 is 0 Å². The van der Waals surface area contributed by atoms with E-state index in [4.69, 9.17) is 10.5 Å². The van der Waals surface area contributed by atoms with Gasteiger partial charge in [0.1, 0.15) is 0 Å². The van der Waals surface area contributed by atoms with E-state index in [0.29, 0.717) is 11.3 Å². The normalized spacial score (nSPS) is 21.3. The standard InChI is InChI=1S/C15H27N3O/c1-5-18-14(12(19-4)10-17-18)13(16)11-6-8-15(2,3)9-7-11/h10-11,13H,5-9,16H2,1-4H3. The van der Waals surface area contributed by atoms with E-state index in [1.807, 2.05) is 4.68 Å². The molecule has 0 saturated heterocycles. The Hall–Kier alpha value is -1.03. The minimum atomic E-state index is 0.0356. The van der Waals surface area contributed by atoms with Crippen LogP contribution in [0.15, 0.2) is 6.20 Å². The Morgan fingerprint density at radius 3 is 2.63 bits per heavy atom. The van der Waals surface area contributed by atoms with Crippen LogP contribution in [0.2, 0.25) is 0 Å². The maximum atomic E-state index is 6.51. The summed E-state index contributed by atoms with van der Waals surface area (Å²) in [5.41, 5.74) is 8.06. The zero-order chi connectivity index (χ0) is 14.0. The highest BCUT2D eigenvalue weighted by Gasteiger charge is 2.33. The molecule has 1 aliphatic rings. The van der Waals surface area contributed by atoms with Gasteiger partial charge in [0.25, 0.3) is 0 Å². The van der Waals surface area contributed by atoms with E-state index in [-0.39, 0.29) is 6.04 Å². The third kappa shape index (κ3) is 2.94. The fraction of sp³-hybridized carbons (Fsp3) is 0.800. The van der Waals surface area contributed by atoms with Crippen molar-refractivity contribution in [3.63, 3.8) is 0 Å². The Morgan fingerprint density at radius 1 is 1.47 bits per heavy atom. The van der Waals surface area contributed by atoms with Gasteiger partial charge in [-0.3, -0.25) is 4.68 Å². The molecule has 0 aliphatic heterocycles. The van der Waals surface area contributed by atoms with E-state index >= 15 is 0 Å². The van der Waals surface area contributed by atoms with Gasteiger partial charge < -0.3 is 10.5 Å². The molecule has 1 heterocycles. The quantitative estimate of drug-likeness (QED) is 0.910. The van der Waals surface area contributed by atoms with E-state index < -0.39 is 0 Å². The van der Waals surface area contributed by atoms with Crippen LogP contribution in [0.3, 0.4) is 0 Å². The number of hydrogen-bond acceptors (Lipinski definition) is 3. The van der Waals surface area contributed by atoms with Gasteiger partial charge in [0.2, 0.25) is 0 Å².